The van der Waals surface area contributed by atoms with E-state index in [1.807, 2.05) is 0 Å². The van der Waals surface area contributed by atoms with Crippen molar-refractivity contribution in [3.8, 4) is 0 Å². The van der Waals surface area contributed by atoms with Crippen molar-refractivity contribution >= 4 is 9.84 Å². The molecule has 1 aliphatic rings. The number of hydrogen-bond acceptors (Lipinski definition) is 3. The first-order valence-electron chi connectivity index (χ1n) is 8.37. The number of nitrogens with one attached hydrogen (secondary N) is 1. The Morgan fingerprint density at radius 2 is 1.80 bits per heavy atom. The van der Waals surface area contributed by atoms with Gasteiger partial charge in [0.25, 0.3) is 0 Å². The van der Waals surface area contributed by atoms with Gasteiger partial charge in [0.05, 0.1) is 5.75 Å². The molecule has 1 atom stereocenters. The fraction of sp³-hybridized carbons (Fsp3) is 1.00. The Bertz CT molecular complexity index is 359. The Hall–Kier alpha value is -0.0900. The lowest BCUT2D eigenvalue weighted by atomic mass is 9.69. The van der Waals surface area contributed by atoms with Crippen LogP contribution in [0.5, 0.6) is 0 Å². The topological polar surface area (TPSA) is 46.2 Å². The van der Waals surface area contributed by atoms with Crippen LogP contribution in [-0.2, 0) is 9.84 Å². The minimum Gasteiger partial charge on any atom is -0.313 e. The summed E-state index contributed by atoms with van der Waals surface area (Å²) >= 11 is 0. The molecule has 0 aliphatic heterocycles. The Morgan fingerprint density at radius 3 is 2.35 bits per heavy atom. The Kier molecular flexibility index (Phi) is 7.52. The first kappa shape index (κ1) is 18.0. The maximum Gasteiger partial charge on any atom is 0.150 e. The van der Waals surface area contributed by atoms with Crippen LogP contribution in [0.1, 0.15) is 72.1 Å². The molecule has 1 aliphatic carbocycles. The van der Waals surface area contributed by atoms with Crippen molar-refractivity contribution < 1.29 is 8.42 Å². The number of sulfone groups is 1. The molecule has 1 N–H and O–H groups in total. The molecule has 1 saturated carbocycles. The molecule has 1 unspecified atom stereocenters. The van der Waals surface area contributed by atoms with Gasteiger partial charge in [-0.2, -0.15) is 0 Å². The second kappa shape index (κ2) is 8.38. The van der Waals surface area contributed by atoms with Crippen molar-refractivity contribution in [1.29, 1.82) is 0 Å². The van der Waals surface area contributed by atoms with E-state index < -0.39 is 9.84 Å². The van der Waals surface area contributed by atoms with E-state index in [2.05, 4.69) is 19.2 Å². The number of hydrogen-bond donors (Lipinski definition) is 1. The molecule has 0 amide bonds. The molecule has 1 fully saturated rings. The maximum absolute atomic E-state index is 11.6. The van der Waals surface area contributed by atoms with Crippen molar-refractivity contribution in [2.24, 2.45) is 5.41 Å². The van der Waals surface area contributed by atoms with Gasteiger partial charge in [-0.05, 0) is 44.1 Å². The van der Waals surface area contributed by atoms with E-state index in [-0.39, 0.29) is 5.75 Å². The summed E-state index contributed by atoms with van der Waals surface area (Å²) in [6.07, 6.45) is 9.52. The van der Waals surface area contributed by atoms with Gasteiger partial charge < -0.3 is 5.32 Å². The largest absolute Gasteiger partial charge is 0.313 e. The molecule has 0 heterocycles. The molecule has 0 bridgehead atoms. The van der Waals surface area contributed by atoms with Crippen molar-refractivity contribution in [3.63, 3.8) is 0 Å². The number of rotatable bonds is 9. The van der Waals surface area contributed by atoms with E-state index in [0.29, 0.717) is 17.2 Å². The molecule has 4 heteroatoms. The summed E-state index contributed by atoms with van der Waals surface area (Å²) in [7, 11) is -2.81. The van der Waals surface area contributed by atoms with Crippen LogP contribution in [0.2, 0.25) is 0 Å². The van der Waals surface area contributed by atoms with Crippen LogP contribution in [-0.4, -0.2) is 32.5 Å². The van der Waals surface area contributed by atoms with Crippen LogP contribution in [0.15, 0.2) is 0 Å². The molecular formula is C16H33NO2S. The standard InChI is InChI=1S/C16H33NO2S/c1-4-13-17-15(10-9-14-20(18,19)5-2)16(3)11-7-6-8-12-16/h15,17H,4-14H2,1-3H3. The van der Waals surface area contributed by atoms with Gasteiger partial charge in [-0.25, -0.2) is 8.42 Å². The van der Waals surface area contributed by atoms with Crippen LogP contribution in [0, 0.1) is 5.41 Å². The Morgan fingerprint density at radius 1 is 1.15 bits per heavy atom. The molecule has 0 aromatic carbocycles. The van der Waals surface area contributed by atoms with Crippen LogP contribution >= 0.6 is 0 Å². The van der Waals surface area contributed by atoms with Gasteiger partial charge in [-0.15, -0.1) is 0 Å². The lowest BCUT2D eigenvalue weighted by Crippen LogP contribution is -2.45. The van der Waals surface area contributed by atoms with Gasteiger partial charge in [-0.1, -0.05) is 40.0 Å². The summed E-state index contributed by atoms with van der Waals surface area (Å²) in [6, 6.07) is 0.481. The molecule has 3 nitrogen and oxygen atoms in total. The van der Waals surface area contributed by atoms with Crippen LogP contribution in [0.3, 0.4) is 0 Å². The zero-order chi connectivity index (χ0) is 15.1. The lowest BCUT2D eigenvalue weighted by Gasteiger charge is -2.41. The summed E-state index contributed by atoms with van der Waals surface area (Å²) in [4.78, 5) is 0. The highest BCUT2D eigenvalue weighted by atomic mass is 32.2. The average molecular weight is 304 g/mol. The van der Waals surface area contributed by atoms with E-state index in [9.17, 15) is 8.42 Å². The van der Waals surface area contributed by atoms with E-state index >= 15 is 0 Å². The normalized spacial score (nSPS) is 20.8. The monoisotopic (exact) mass is 303 g/mol. The van der Waals surface area contributed by atoms with Gasteiger partial charge in [0, 0.05) is 11.8 Å². The average Bonchev–Trinajstić information content (AvgIpc) is 2.43. The van der Waals surface area contributed by atoms with Crippen molar-refractivity contribution in [3.05, 3.63) is 0 Å². The highest BCUT2D eigenvalue weighted by Gasteiger charge is 2.34. The molecule has 0 spiro atoms. The first-order chi connectivity index (χ1) is 9.43. The van der Waals surface area contributed by atoms with Gasteiger partial charge in [0.15, 0.2) is 0 Å². The van der Waals surface area contributed by atoms with Crippen molar-refractivity contribution in [2.45, 2.75) is 78.2 Å². The minimum atomic E-state index is -2.81. The fourth-order valence-electron chi connectivity index (χ4n) is 3.38. The summed E-state index contributed by atoms with van der Waals surface area (Å²) in [5.74, 6) is 0.626. The highest BCUT2D eigenvalue weighted by molar-refractivity contribution is 7.91. The predicted octanol–water partition coefficient (Wildman–Crippen LogP) is 3.54. The molecule has 120 valence electrons. The van der Waals surface area contributed by atoms with E-state index in [1.54, 1.807) is 6.92 Å². The van der Waals surface area contributed by atoms with Crippen molar-refractivity contribution in [1.82, 2.24) is 5.32 Å². The fourth-order valence-corrected chi connectivity index (χ4v) is 4.27. The van der Waals surface area contributed by atoms with E-state index in [4.69, 9.17) is 0 Å². The molecule has 0 radical (unpaired) electrons. The van der Waals surface area contributed by atoms with Gasteiger partial charge in [0.1, 0.15) is 9.84 Å². The molecule has 1 rings (SSSR count). The third kappa shape index (κ3) is 5.72. The minimum absolute atomic E-state index is 0.275. The second-order valence-corrected chi connectivity index (χ2v) is 9.07. The van der Waals surface area contributed by atoms with Crippen LogP contribution < -0.4 is 5.32 Å². The zero-order valence-electron chi connectivity index (χ0n) is 13.6. The van der Waals surface area contributed by atoms with E-state index in [1.165, 1.54) is 32.1 Å². The highest BCUT2D eigenvalue weighted by Crippen LogP contribution is 2.40. The first-order valence-corrected chi connectivity index (χ1v) is 10.2. The van der Waals surface area contributed by atoms with Gasteiger partial charge >= 0.3 is 0 Å². The van der Waals surface area contributed by atoms with Crippen LogP contribution in [0.25, 0.3) is 0 Å². The zero-order valence-corrected chi connectivity index (χ0v) is 14.4. The van der Waals surface area contributed by atoms with Gasteiger partial charge in [-0.3, -0.25) is 0 Å². The molecule has 0 saturated heterocycles. The summed E-state index contributed by atoms with van der Waals surface area (Å²) < 4.78 is 23.3. The lowest BCUT2D eigenvalue weighted by molar-refractivity contribution is 0.137. The predicted molar refractivity (Wildman–Crippen MR) is 86.8 cm³/mol. The summed E-state index contributed by atoms with van der Waals surface area (Å²) in [5.41, 5.74) is 0.364. The van der Waals surface area contributed by atoms with Crippen molar-refractivity contribution in [2.75, 3.05) is 18.1 Å². The second-order valence-electron chi connectivity index (χ2n) is 6.60. The van der Waals surface area contributed by atoms with Gasteiger partial charge in [0.2, 0.25) is 0 Å². The Labute approximate surface area is 125 Å². The maximum atomic E-state index is 11.6. The summed E-state index contributed by atoms with van der Waals surface area (Å²) in [6.45, 7) is 7.37. The SMILES string of the molecule is CCCNC(CCCS(=O)(=O)CC)C1(C)CCCCC1. The third-order valence-electron chi connectivity index (χ3n) is 4.87. The van der Waals surface area contributed by atoms with E-state index in [0.717, 1.165) is 25.8 Å². The van der Waals surface area contributed by atoms with Crippen LogP contribution in [0.4, 0.5) is 0 Å². The molecule has 0 aromatic rings. The summed E-state index contributed by atoms with van der Waals surface area (Å²) in [5, 5.41) is 3.69. The molecule has 0 aromatic heterocycles. The smallest absolute Gasteiger partial charge is 0.150 e. The Balaban J connectivity index is 2.55. The third-order valence-corrected chi connectivity index (χ3v) is 6.66. The molecular weight excluding hydrogens is 270 g/mol. The quantitative estimate of drug-likeness (QED) is 0.708. The molecule has 20 heavy (non-hydrogen) atoms.